The monoisotopic (exact) mass is 479 g/mol. The van der Waals surface area contributed by atoms with Gasteiger partial charge in [-0.1, -0.05) is 26.8 Å². The summed E-state index contributed by atoms with van der Waals surface area (Å²) in [6.07, 6.45) is 0.733. The molecule has 4 unspecified atom stereocenters. The zero-order valence-electron chi connectivity index (χ0n) is 21.2. The molecular formula is C26H41NO7. The third kappa shape index (κ3) is 3.36. The van der Waals surface area contributed by atoms with Gasteiger partial charge < -0.3 is 24.8 Å². The van der Waals surface area contributed by atoms with Crippen molar-refractivity contribution in [1.29, 1.82) is 0 Å². The number of rotatable bonds is 4. The highest BCUT2D eigenvalue weighted by atomic mass is 16.6. The largest absolute Gasteiger partial charge is 0.455 e. The highest BCUT2D eigenvalue weighted by Crippen LogP contribution is 2.67. The molecule has 4 rings (SSSR count). The van der Waals surface area contributed by atoms with Crippen LogP contribution in [0.15, 0.2) is 12.7 Å². The molecule has 2 heterocycles. The van der Waals surface area contributed by atoms with E-state index in [1.165, 1.54) is 13.0 Å². The van der Waals surface area contributed by atoms with Gasteiger partial charge in [0.15, 0.2) is 17.5 Å². The lowest BCUT2D eigenvalue weighted by molar-refractivity contribution is -0.370. The summed E-state index contributed by atoms with van der Waals surface area (Å²) in [6, 6.07) is 0. The van der Waals surface area contributed by atoms with E-state index in [4.69, 9.17) is 9.47 Å². The van der Waals surface area contributed by atoms with Crippen LogP contribution in [0.25, 0.3) is 0 Å². The minimum absolute atomic E-state index is 0.0678. The molecule has 2 saturated carbocycles. The Kier molecular flexibility index (Phi) is 6.14. The quantitative estimate of drug-likeness (QED) is 0.411. The third-order valence-electron chi connectivity index (χ3n) is 9.54. The van der Waals surface area contributed by atoms with Crippen molar-refractivity contribution in [2.45, 2.75) is 102 Å². The second-order valence-electron chi connectivity index (χ2n) is 12.2. The molecule has 8 atom stereocenters. The van der Waals surface area contributed by atoms with Gasteiger partial charge in [0.2, 0.25) is 0 Å². The molecule has 8 nitrogen and oxygen atoms in total. The number of fused-ring (bicyclic) bond motifs is 3. The molecule has 192 valence electrons. The Morgan fingerprint density at radius 1 is 1.21 bits per heavy atom. The van der Waals surface area contributed by atoms with E-state index in [9.17, 15) is 24.9 Å². The van der Waals surface area contributed by atoms with Crippen molar-refractivity contribution in [1.82, 2.24) is 4.90 Å². The number of hydrogen-bond donors (Lipinski definition) is 3. The number of ketones is 1. The second kappa shape index (κ2) is 8.10. The van der Waals surface area contributed by atoms with Crippen molar-refractivity contribution >= 4 is 11.8 Å². The second-order valence-corrected chi connectivity index (χ2v) is 12.2. The van der Waals surface area contributed by atoms with Gasteiger partial charge in [-0.15, -0.1) is 6.58 Å². The minimum atomic E-state index is -2.19. The number of carbonyl (C=O) groups is 2. The van der Waals surface area contributed by atoms with Gasteiger partial charge in [0.25, 0.3) is 0 Å². The summed E-state index contributed by atoms with van der Waals surface area (Å²) in [5.41, 5.74) is -7.08. The molecule has 0 aromatic carbocycles. The molecule has 0 bridgehead atoms. The van der Waals surface area contributed by atoms with E-state index in [0.29, 0.717) is 12.8 Å². The van der Waals surface area contributed by atoms with E-state index >= 15 is 0 Å². The van der Waals surface area contributed by atoms with E-state index in [1.54, 1.807) is 13.8 Å². The van der Waals surface area contributed by atoms with Crippen LogP contribution in [0.2, 0.25) is 0 Å². The summed E-state index contributed by atoms with van der Waals surface area (Å²) < 4.78 is 12.3. The summed E-state index contributed by atoms with van der Waals surface area (Å²) in [5.74, 6) is -1.75. The number of esters is 1. The van der Waals surface area contributed by atoms with E-state index < -0.39 is 63.6 Å². The Bertz CT molecular complexity index is 869. The third-order valence-corrected chi connectivity index (χ3v) is 9.54. The molecule has 0 amide bonds. The van der Waals surface area contributed by atoms with Crippen molar-refractivity contribution in [2.24, 2.45) is 16.7 Å². The van der Waals surface area contributed by atoms with Gasteiger partial charge in [-0.2, -0.15) is 0 Å². The maximum Gasteiger partial charge on any atom is 0.320 e. The lowest BCUT2D eigenvalue weighted by atomic mass is 9.40. The number of Topliss-reactive ketones (excluding diaryl/α,β-unsaturated/α-hetero) is 1. The Morgan fingerprint density at radius 3 is 2.41 bits per heavy atom. The molecule has 4 fully saturated rings. The number of nitrogens with zero attached hydrogens (tertiary/aromatic N) is 1. The SMILES string of the molecule is C=C[C@@]1(C)CC(=O)[C@]2(O)C3(C)C(C(O)C(OC(=O)CN4CCCC4)[C@@]2(C)O1)C(C)(C)CC[C@@H]3O. The van der Waals surface area contributed by atoms with Gasteiger partial charge in [0.1, 0.15) is 5.60 Å². The number of likely N-dealkylation sites (tertiary alicyclic amines) is 1. The van der Waals surface area contributed by atoms with E-state index in [-0.39, 0.29) is 13.0 Å². The fourth-order valence-corrected chi connectivity index (χ4v) is 7.78. The average Bonchev–Trinajstić information content (AvgIpc) is 3.24. The van der Waals surface area contributed by atoms with E-state index in [0.717, 1.165) is 25.9 Å². The zero-order valence-corrected chi connectivity index (χ0v) is 21.2. The molecule has 3 N–H and O–H groups in total. The first kappa shape index (κ1) is 25.8. The number of hydrogen-bond acceptors (Lipinski definition) is 8. The standard InChI is InChI=1S/C26H41NO7/c1-7-23(4)14-17(29)26(32)24(5)16(28)10-11-22(2,3)20(24)19(31)21(25(26,6)34-23)33-18(30)15-27-12-8-9-13-27/h7,16,19-21,28,31-32H,1,8-15H2,2-6H3/t16-,19?,20?,21?,23-,24?,25+,26-/m0/s1. The van der Waals surface area contributed by atoms with Gasteiger partial charge in [-0.3, -0.25) is 14.5 Å². The van der Waals surface area contributed by atoms with Crippen LogP contribution in [-0.2, 0) is 19.1 Å². The highest BCUT2D eigenvalue weighted by Gasteiger charge is 2.81. The Balaban J connectivity index is 1.84. The number of ether oxygens (including phenoxy) is 2. The van der Waals surface area contributed by atoms with Crippen molar-refractivity contribution in [3.8, 4) is 0 Å². The Hall–Kier alpha value is -1.32. The molecule has 2 aliphatic carbocycles. The fourth-order valence-electron chi connectivity index (χ4n) is 7.78. The van der Waals surface area contributed by atoms with Crippen LogP contribution in [0.4, 0.5) is 0 Å². The van der Waals surface area contributed by atoms with Gasteiger partial charge >= 0.3 is 5.97 Å². The van der Waals surface area contributed by atoms with Crippen molar-refractivity contribution in [3.05, 3.63) is 12.7 Å². The molecule has 0 radical (unpaired) electrons. The molecular weight excluding hydrogens is 438 g/mol. The van der Waals surface area contributed by atoms with Crippen LogP contribution < -0.4 is 0 Å². The number of carbonyl (C=O) groups excluding carboxylic acids is 2. The maximum atomic E-state index is 13.8. The molecule has 2 aliphatic heterocycles. The molecule has 0 aromatic rings. The Morgan fingerprint density at radius 2 is 1.82 bits per heavy atom. The first-order chi connectivity index (χ1) is 15.7. The Labute approximate surface area is 202 Å². The minimum Gasteiger partial charge on any atom is -0.455 e. The summed E-state index contributed by atoms with van der Waals surface area (Å²) in [6.45, 7) is 14.3. The molecule has 4 aliphatic rings. The van der Waals surface area contributed by atoms with E-state index in [1.807, 2.05) is 18.7 Å². The normalized spacial score (nSPS) is 48.6. The van der Waals surface area contributed by atoms with Crippen LogP contribution in [0.1, 0.15) is 66.7 Å². The topological polar surface area (TPSA) is 117 Å². The number of aliphatic hydroxyl groups excluding tert-OH is 2. The van der Waals surface area contributed by atoms with Crippen molar-refractivity contribution in [3.63, 3.8) is 0 Å². The summed E-state index contributed by atoms with van der Waals surface area (Å²) in [7, 11) is 0. The smallest absolute Gasteiger partial charge is 0.320 e. The summed E-state index contributed by atoms with van der Waals surface area (Å²) in [4.78, 5) is 28.9. The van der Waals surface area contributed by atoms with Gasteiger partial charge in [0, 0.05) is 17.8 Å². The first-order valence-corrected chi connectivity index (χ1v) is 12.5. The van der Waals surface area contributed by atoms with E-state index in [2.05, 4.69) is 6.58 Å². The van der Waals surface area contributed by atoms with Gasteiger partial charge in [-0.05, 0) is 58.0 Å². The molecule has 0 aromatic heterocycles. The van der Waals surface area contributed by atoms with Crippen LogP contribution in [0, 0.1) is 16.7 Å². The summed E-state index contributed by atoms with van der Waals surface area (Å²) in [5, 5.41) is 35.5. The molecule has 2 saturated heterocycles. The van der Waals surface area contributed by atoms with Crippen LogP contribution in [0.5, 0.6) is 0 Å². The van der Waals surface area contributed by atoms with Crippen molar-refractivity contribution in [2.75, 3.05) is 19.6 Å². The highest BCUT2D eigenvalue weighted by molar-refractivity contribution is 5.92. The fraction of sp³-hybridized carbons (Fsp3) is 0.846. The number of aliphatic hydroxyl groups is 3. The first-order valence-electron chi connectivity index (χ1n) is 12.5. The van der Waals surface area contributed by atoms with Gasteiger partial charge in [-0.25, -0.2) is 0 Å². The van der Waals surface area contributed by atoms with Crippen LogP contribution in [0.3, 0.4) is 0 Å². The van der Waals surface area contributed by atoms with Gasteiger partial charge in [0.05, 0.1) is 24.4 Å². The van der Waals surface area contributed by atoms with Crippen LogP contribution in [-0.4, -0.2) is 86.7 Å². The predicted molar refractivity (Wildman–Crippen MR) is 125 cm³/mol. The van der Waals surface area contributed by atoms with Crippen LogP contribution >= 0.6 is 0 Å². The van der Waals surface area contributed by atoms with Crippen molar-refractivity contribution < 1.29 is 34.4 Å². The zero-order chi connectivity index (χ0) is 25.3. The maximum absolute atomic E-state index is 13.8. The lowest BCUT2D eigenvalue weighted by Crippen LogP contribution is -2.86. The predicted octanol–water partition coefficient (Wildman–Crippen LogP) is 1.60. The lowest BCUT2D eigenvalue weighted by Gasteiger charge is -2.71. The average molecular weight is 480 g/mol. The molecule has 34 heavy (non-hydrogen) atoms. The molecule has 8 heteroatoms. The molecule has 0 spiro atoms. The summed E-state index contributed by atoms with van der Waals surface area (Å²) >= 11 is 0.